The number of nitrogens with zero attached hydrogens (tertiary/aromatic N) is 1. The van der Waals surface area contributed by atoms with Crippen molar-refractivity contribution in [3.8, 4) is 0 Å². The first-order valence-electron chi connectivity index (χ1n) is 6.38. The van der Waals surface area contributed by atoms with E-state index in [9.17, 15) is 18.8 Å². The van der Waals surface area contributed by atoms with Gasteiger partial charge in [-0.2, -0.15) is 0 Å². The van der Waals surface area contributed by atoms with E-state index in [2.05, 4.69) is 0 Å². The molecule has 0 saturated carbocycles. The van der Waals surface area contributed by atoms with Gasteiger partial charge < -0.3 is 15.1 Å². The van der Waals surface area contributed by atoms with Crippen molar-refractivity contribution in [1.82, 2.24) is 4.90 Å². The fourth-order valence-corrected chi connectivity index (χ4v) is 1.90. The largest absolute Gasteiger partial charge is 0.481 e. The number of hydrogen-bond donors (Lipinski definition) is 2. The van der Waals surface area contributed by atoms with E-state index in [0.29, 0.717) is 0 Å². The van der Waals surface area contributed by atoms with Gasteiger partial charge >= 0.3 is 11.9 Å². The third-order valence-corrected chi connectivity index (χ3v) is 2.97. The lowest BCUT2D eigenvalue weighted by atomic mass is 10.1. The third kappa shape index (κ3) is 4.55. The van der Waals surface area contributed by atoms with Crippen molar-refractivity contribution in [3.63, 3.8) is 0 Å². The Kier molecular flexibility index (Phi) is 5.83. The Labute approximate surface area is 120 Å². The third-order valence-electron chi connectivity index (χ3n) is 2.97. The molecule has 1 atom stereocenters. The van der Waals surface area contributed by atoms with Crippen LogP contribution in [0, 0.1) is 5.82 Å². The molecule has 7 heteroatoms. The maximum absolute atomic E-state index is 12.9. The van der Waals surface area contributed by atoms with Crippen LogP contribution in [0.15, 0.2) is 24.3 Å². The molecular weight excluding hydrogens is 281 g/mol. The predicted octanol–water partition coefficient (Wildman–Crippen LogP) is 1.61. The highest BCUT2D eigenvalue weighted by molar-refractivity contribution is 5.96. The number of rotatable bonds is 7. The molecule has 1 amide bonds. The highest BCUT2D eigenvalue weighted by Crippen LogP contribution is 2.13. The second kappa shape index (κ2) is 7.37. The topological polar surface area (TPSA) is 94.9 Å². The Bertz CT molecular complexity index is 529. The van der Waals surface area contributed by atoms with E-state index >= 15 is 0 Å². The second-order valence-electron chi connectivity index (χ2n) is 4.41. The van der Waals surface area contributed by atoms with E-state index in [1.54, 1.807) is 6.92 Å². The Balaban J connectivity index is 3.03. The molecule has 0 aliphatic heterocycles. The molecule has 0 bridgehead atoms. The Hall–Kier alpha value is -2.44. The highest BCUT2D eigenvalue weighted by Gasteiger charge is 2.29. The first-order valence-corrected chi connectivity index (χ1v) is 6.38. The van der Waals surface area contributed by atoms with E-state index < -0.39 is 29.7 Å². The van der Waals surface area contributed by atoms with Gasteiger partial charge in [0.05, 0.1) is 6.42 Å². The number of hydrogen-bond acceptors (Lipinski definition) is 3. The Morgan fingerprint density at radius 3 is 2.19 bits per heavy atom. The molecule has 1 aromatic carbocycles. The molecule has 2 N–H and O–H groups in total. The molecule has 0 radical (unpaired) electrons. The zero-order chi connectivity index (χ0) is 16.0. The van der Waals surface area contributed by atoms with Gasteiger partial charge in [-0.25, -0.2) is 9.18 Å². The molecule has 21 heavy (non-hydrogen) atoms. The zero-order valence-electron chi connectivity index (χ0n) is 11.5. The predicted molar refractivity (Wildman–Crippen MR) is 71.4 cm³/mol. The monoisotopic (exact) mass is 297 g/mol. The van der Waals surface area contributed by atoms with Crippen molar-refractivity contribution in [3.05, 3.63) is 35.6 Å². The first-order chi connectivity index (χ1) is 9.86. The van der Waals surface area contributed by atoms with Gasteiger partial charge in [0, 0.05) is 12.1 Å². The van der Waals surface area contributed by atoms with Crippen molar-refractivity contribution >= 4 is 17.8 Å². The molecule has 0 fully saturated rings. The van der Waals surface area contributed by atoms with E-state index in [1.807, 2.05) is 0 Å². The van der Waals surface area contributed by atoms with Crippen LogP contribution in [-0.2, 0) is 9.59 Å². The van der Waals surface area contributed by atoms with Crippen LogP contribution in [0.1, 0.15) is 30.1 Å². The fourth-order valence-electron chi connectivity index (χ4n) is 1.90. The summed E-state index contributed by atoms with van der Waals surface area (Å²) in [5, 5.41) is 17.9. The lowest BCUT2D eigenvalue weighted by Gasteiger charge is -2.28. The van der Waals surface area contributed by atoms with Gasteiger partial charge in [0.25, 0.3) is 5.91 Å². The molecule has 0 saturated heterocycles. The average molecular weight is 297 g/mol. The van der Waals surface area contributed by atoms with Crippen LogP contribution < -0.4 is 0 Å². The zero-order valence-corrected chi connectivity index (χ0v) is 11.5. The van der Waals surface area contributed by atoms with Crippen molar-refractivity contribution in [1.29, 1.82) is 0 Å². The van der Waals surface area contributed by atoms with E-state index in [-0.39, 0.29) is 24.9 Å². The molecule has 6 nitrogen and oxygen atoms in total. The standard InChI is InChI=1S/C14H16FNO5/c1-2-11(14(20)21)16(8-7-12(17)18)13(19)9-3-5-10(15)6-4-9/h3-6,11H,2,7-8H2,1H3,(H,17,18)(H,20,21). The fraction of sp³-hybridized carbons (Fsp3) is 0.357. The van der Waals surface area contributed by atoms with Crippen molar-refractivity contribution in [2.24, 2.45) is 0 Å². The minimum Gasteiger partial charge on any atom is -0.481 e. The van der Waals surface area contributed by atoms with Crippen LogP contribution in [0.4, 0.5) is 4.39 Å². The minimum atomic E-state index is -1.21. The van der Waals surface area contributed by atoms with Crippen molar-refractivity contribution in [2.75, 3.05) is 6.54 Å². The summed E-state index contributed by atoms with van der Waals surface area (Å²) in [6.45, 7) is 1.36. The molecule has 0 heterocycles. The van der Waals surface area contributed by atoms with Crippen LogP contribution in [-0.4, -0.2) is 45.5 Å². The normalized spacial score (nSPS) is 11.7. The lowest BCUT2D eigenvalue weighted by Crippen LogP contribution is -2.45. The summed E-state index contributed by atoms with van der Waals surface area (Å²) in [5.74, 6) is -3.50. The lowest BCUT2D eigenvalue weighted by molar-refractivity contribution is -0.144. The summed E-state index contributed by atoms with van der Waals surface area (Å²) in [6, 6.07) is 3.52. The SMILES string of the molecule is CCC(C(=O)O)N(CCC(=O)O)C(=O)c1ccc(F)cc1. The number of aliphatic carboxylic acids is 2. The van der Waals surface area contributed by atoms with Gasteiger partial charge in [-0.05, 0) is 30.7 Å². The Morgan fingerprint density at radius 2 is 1.76 bits per heavy atom. The molecule has 0 spiro atoms. The molecule has 1 aromatic rings. The van der Waals surface area contributed by atoms with Crippen LogP contribution in [0.2, 0.25) is 0 Å². The minimum absolute atomic E-state index is 0.112. The summed E-state index contributed by atoms with van der Waals surface area (Å²) in [5.41, 5.74) is 0.112. The molecule has 114 valence electrons. The molecule has 0 aromatic heterocycles. The summed E-state index contributed by atoms with van der Waals surface area (Å²) in [4.78, 5) is 35.2. The molecule has 1 rings (SSSR count). The maximum atomic E-state index is 12.9. The average Bonchev–Trinajstić information content (AvgIpc) is 2.42. The van der Waals surface area contributed by atoms with Crippen molar-refractivity contribution < 1.29 is 29.0 Å². The number of carboxylic acids is 2. The highest BCUT2D eigenvalue weighted by atomic mass is 19.1. The summed E-state index contributed by atoms with van der Waals surface area (Å²) in [6.07, 6.45) is -0.224. The number of carbonyl (C=O) groups is 3. The molecule has 0 aliphatic carbocycles. The van der Waals surface area contributed by atoms with Crippen molar-refractivity contribution in [2.45, 2.75) is 25.8 Å². The number of halogens is 1. The Morgan fingerprint density at radius 1 is 1.19 bits per heavy atom. The first kappa shape index (κ1) is 16.6. The van der Waals surface area contributed by atoms with Gasteiger partial charge in [-0.15, -0.1) is 0 Å². The number of amides is 1. The second-order valence-corrected chi connectivity index (χ2v) is 4.41. The summed E-state index contributed by atoms with van der Waals surface area (Å²) >= 11 is 0. The maximum Gasteiger partial charge on any atom is 0.326 e. The summed E-state index contributed by atoms with van der Waals surface area (Å²) in [7, 11) is 0. The number of carbonyl (C=O) groups excluding carboxylic acids is 1. The molecular formula is C14H16FNO5. The summed E-state index contributed by atoms with van der Waals surface area (Å²) < 4.78 is 12.9. The van der Waals surface area contributed by atoms with Crippen LogP contribution in [0.25, 0.3) is 0 Å². The number of carboxylic acid groups (broad SMARTS) is 2. The van der Waals surface area contributed by atoms with E-state index in [0.717, 1.165) is 17.0 Å². The van der Waals surface area contributed by atoms with Crippen LogP contribution in [0.3, 0.4) is 0 Å². The van der Waals surface area contributed by atoms with E-state index in [1.165, 1.54) is 12.1 Å². The smallest absolute Gasteiger partial charge is 0.326 e. The van der Waals surface area contributed by atoms with Gasteiger partial charge in [0.2, 0.25) is 0 Å². The molecule has 0 aliphatic rings. The van der Waals surface area contributed by atoms with Gasteiger partial charge in [-0.3, -0.25) is 9.59 Å². The quantitative estimate of drug-likeness (QED) is 0.797. The van der Waals surface area contributed by atoms with E-state index in [4.69, 9.17) is 10.2 Å². The number of benzene rings is 1. The van der Waals surface area contributed by atoms with Gasteiger partial charge in [0.1, 0.15) is 11.9 Å². The van der Waals surface area contributed by atoms with Crippen LogP contribution >= 0.6 is 0 Å². The van der Waals surface area contributed by atoms with Gasteiger partial charge in [-0.1, -0.05) is 6.92 Å². The molecule has 1 unspecified atom stereocenters. The van der Waals surface area contributed by atoms with Crippen LogP contribution in [0.5, 0.6) is 0 Å². The van der Waals surface area contributed by atoms with Gasteiger partial charge in [0.15, 0.2) is 0 Å².